The molecule has 12 nitrogen and oxygen atoms in total. The molecule has 1 aromatic carbocycles. The maximum atomic E-state index is 9.27. The van der Waals surface area contributed by atoms with E-state index in [9.17, 15) is 5.11 Å². The van der Waals surface area contributed by atoms with E-state index in [1.165, 1.54) is 4.52 Å². The number of aryl methyl sites for hydroxylation is 2. The van der Waals surface area contributed by atoms with Crippen LogP contribution in [-0.2, 0) is 6.61 Å². The summed E-state index contributed by atoms with van der Waals surface area (Å²) in [6.07, 6.45) is 1.61. The van der Waals surface area contributed by atoms with Crippen LogP contribution in [0, 0.1) is 13.8 Å². The number of aliphatic hydroxyl groups excluding tert-OH is 1. The normalized spacial score (nSPS) is 11.2. The van der Waals surface area contributed by atoms with Gasteiger partial charge >= 0.3 is 0 Å². The van der Waals surface area contributed by atoms with Crippen molar-refractivity contribution in [2.45, 2.75) is 20.5 Å². The lowest BCUT2D eigenvalue weighted by Gasteiger charge is -2.09. The second kappa shape index (κ2) is 7.74. The smallest absolute Gasteiger partial charge is 0.272 e. The van der Waals surface area contributed by atoms with Gasteiger partial charge in [-0.3, -0.25) is 5.32 Å². The van der Waals surface area contributed by atoms with Crippen molar-refractivity contribution < 1.29 is 9.84 Å². The molecule has 0 radical (unpaired) electrons. The minimum atomic E-state index is -0.280. The van der Waals surface area contributed by atoms with Crippen molar-refractivity contribution in [1.82, 2.24) is 44.7 Å². The number of hydrogen-bond acceptors (Lipinski definition) is 11. The van der Waals surface area contributed by atoms with Gasteiger partial charge in [-0.25, -0.2) is 19.9 Å². The average Bonchev–Trinajstić information content (AvgIpc) is 3.24. The Morgan fingerprint density at radius 1 is 1.03 bits per heavy atom. The zero-order chi connectivity index (χ0) is 22.2. The van der Waals surface area contributed by atoms with Crippen molar-refractivity contribution in [2.75, 3.05) is 12.4 Å². The Morgan fingerprint density at radius 2 is 1.91 bits per heavy atom. The van der Waals surface area contributed by atoms with Gasteiger partial charge in [0.05, 0.1) is 29.7 Å². The summed E-state index contributed by atoms with van der Waals surface area (Å²) in [7, 11) is 1.62. The van der Waals surface area contributed by atoms with E-state index in [1.807, 2.05) is 32.0 Å². The van der Waals surface area contributed by atoms with Gasteiger partial charge in [-0.2, -0.15) is 9.50 Å². The summed E-state index contributed by atoms with van der Waals surface area (Å²) in [6.45, 7) is 3.45. The molecule has 0 unspecified atom stereocenters. The summed E-state index contributed by atoms with van der Waals surface area (Å²) in [4.78, 5) is 22.0. The highest BCUT2D eigenvalue weighted by Gasteiger charge is 2.15. The number of rotatable bonds is 5. The van der Waals surface area contributed by atoms with E-state index >= 15 is 0 Å². The molecule has 0 aliphatic carbocycles. The first-order chi connectivity index (χ1) is 15.6. The molecule has 0 amide bonds. The zero-order valence-corrected chi connectivity index (χ0v) is 17.5. The highest BCUT2D eigenvalue weighted by molar-refractivity contribution is 5.83. The molecular weight excluding hydrogens is 412 g/mol. The predicted molar refractivity (Wildman–Crippen MR) is 114 cm³/mol. The van der Waals surface area contributed by atoms with E-state index < -0.39 is 0 Å². The molecule has 5 rings (SSSR count). The van der Waals surface area contributed by atoms with Crippen LogP contribution in [0.25, 0.3) is 28.1 Å². The number of anilines is 2. The van der Waals surface area contributed by atoms with Gasteiger partial charge in [0.2, 0.25) is 11.9 Å². The first-order valence-corrected chi connectivity index (χ1v) is 9.68. The minimum absolute atomic E-state index is 0.269. The largest absolute Gasteiger partial charge is 0.497 e. The Kier molecular flexibility index (Phi) is 4.75. The van der Waals surface area contributed by atoms with Gasteiger partial charge in [-0.15, -0.1) is 15.3 Å². The lowest BCUT2D eigenvalue weighted by molar-refractivity contribution is 0.271. The number of nitrogens with zero attached hydrogens (tertiary/aromatic N) is 9. The van der Waals surface area contributed by atoms with Crippen molar-refractivity contribution in [1.29, 1.82) is 0 Å². The molecule has 0 fully saturated rings. The SMILES string of the molecule is COc1ccc2nc(Nc3nccc(-c4nnc5nc(CO)nn5c4C)n3)nc(C)c2c1. The van der Waals surface area contributed by atoms with Crippen LogP contribution in [0.5, 0.6) is 5.75 Å². The number of ether oxygens (including phenoxy) is 1. The van der Waals surface area contributed by atoms with Gasteiger partial charge in [0, 0.05) is 11.6 Å². The van der Waals surface area contributed by atoms with Gasteiger partial charge in [-0.05, 0) is 38.1 Å². The van der Waals surface area contributed by atoms with Crippen LogP contribution < -0.4 is 10.1 Å². The zero-order valence-electron chi connectivity index (χ0n) is 17.5. The second-order valence-electron chi connectivity index (χ2n) is 6.94. The standard InChI is InChI=1S/C20H18N10O2/c1-10-13-8-12(32-3)4-5-14(13)23-19(22-10)26-18-21-7-6-15(24-18)17-11(2)30-20(28-27-17)25-16(9-31)29-30/h4-8,31H,9H2,1-3H3,(H,21,22,23,24,26). The second-order valence-corrected chi connectivity index (χ2v) is 6.94. The molecule has 0 saturated heterocycles. The van der Waals surface area contributed by atoms with Gasteiger partial charge in [0.25, 0.3) is 5.78 Å². The van der Waals surface area contributed by atoms with Crippen LogP contribution in [-0.4, -0.2) is 56.9 Å². The number of methoxy groups -OCH3 is 1. The van der Waals surface area contributed by atoms with E-state index in [0.29, 0.717) is 34.8 Å². The summed E-state index contributed by atoms with van der Waals surface area (Å²) in [5.74, 6) is 2.00. The van der Waals surface area contributed by atoms with Crippen LogP contribution in [0.4, 0.5) is 11.9 Å². The summed E-state index contributed by atoms with van der Waals surface area (Å²) < 4.78 is 6.80. The Hall–Kier alpha value is -4.32. The van der Waals surface area contributed by atoms with Gasteiger partial charge in [0.1, 0.15) is 18.1 Å². The highest BCUT2D eigenvalue weighted by Crippen LogP contribution is 2.24. The van der Waals surface area contributed by atoms with Gasteiger partial charge in [0.15, 0.2) is 5.82 Å². The maximum absolute atomic E-state index is 9.27. The first-order valence-electron chi connectivity index (χ1n) is 9.68. The minimum Gasteiger partial charge on any atom is -0.497 e. The Labute approximate surface area is 181 Å². The van der Waals surface area contributed by atoms with E-state index in [4.69, 9.17) is 4.74 Å². The van der Waals surface area contributed by atoms with Crippen molar-refractivity contribution in [3.8, 4) is 17.1 Å². The topological polar surface area (TPSA) is 149 Å². The number of aliphatic hydroxyl groups is 1. The van der Waals surface area contributed by atoms with Crippen LogP contribution in [0.2, 0.25) is 0 Å². The lowest BCUT2D eigenvalue weighted by Crippen LogP contribution is -2.06. The molecule has 0 bridgehead atoms. The molecule has 12 heteroatoms. The number of hydrogen-bond donors (Lipinski definition) is 2. The summed E-state index contributed by atoms with van der Waals surface area (Å²) in [5, 5.41) is 25.7. The third-order valence-electron chi connectivity index (χ3n) is 4.89. The fourth-order valence-corrected chi connectivity index (χ4v) is 3.30. The molecule has 160 valence electrons. The monoisotopic (exact) mass is 430 g/mol. The van der Waals surface area contributed by atoms with Crippen LogP contribution in [0.3, 0.4) is 0 Å². The molecule has 4 aromatic heterocycles. The number of fused-ring (bicyclic) bond motifs is 2. The quantitative estimate of drug-likeness (QED) is 0.420. The molecule has 0 aliphatic rings. The van der Waals surface area contributed by atoms with Gasteiger partial charge < -0.3 is 9.84 Å². The van der Waals surface area contributed by atoms with Crippen molar-refractivity contribution in [2.24, 2.45) is 0 Å². The fraction of sp³-hybridized carbons (Fsp3) is 0.200. The van der Waals surface area contributed by atoms with Crippen LogP contribution in [0.15, 0.2) is 30.5 Å². The lowest BCUT2D eigenvalue weighted by atomic mass is 10.2. The summed E-state index contributed by atoms with van der Waals surface area (Å²) in [5.41, 5.74) is 3.30. The van der Waals surface area contributed by atoms with Crippen molar-refractivity contribution >= 4 is 28.6 Å². The van der Waals surface area contributed by atoms with Crippen LogP contribution in [0.1, 0.15) is 17.2 Å². The molecule has 32 heavy (non-hydrogen) atoms. The third-order valence-corrected chi connectivity index (χ3v) is 4.89. The third kappa shape index (κ3) is 3.41. The Morgan fingerprint density at radius 3 is 2.72 bits per heavy atom. The molecule has 2 N–H and O–H groups in total. The van der Waals surface area contributed by atoms with E-state index in [2.05, 4.69) is 45.5 Å². The first kappa shape index (κ1) is 19.6. The molecule has 0 aliphatic heterocycles. The average molecular weight is 430 g/mol. The number of nitrogens with one attached hydrogen (secondary N) is 1. The summed E-state index contributed by atoms with van der Waals surface area (Å²) >= 11 is 0. The summed E-state index contributed by atoms with van der Waals surface area (Å²) in [6, 6.07) is 7.34. The predicted octanol–water partition coefficient (Wildman–Crippen LogP) is 1.78. The van der Waals surface area contributed by atoms with Crippen molar-refractivity contribution in [3.63, 3.8) is 0 Å². The molecule has 0 spiro atoms. The molecular formula is C20H18N10O2. The highest BCUT2D eigenvalue weighted by atomic mass is 16.5. The number of aromatic nitrogens is 9. The van der Waals surface area contributed by atoms with Gasteiger partial charge in [-0.1, -0.05) is 0 Å². The van der Waals surface area contributed by atoms with Crippen molar-refractivity contribution in [3.05, 3.63) is 47.7 Å². The fourth-order valence-electron chi connectivity index (χ4n) is 3.30. The molecule has 5 aromatic rings. The Balaban J connectivity index is 1.50. The number of benzene rings is 1. The van der Waals surface area contributed by atoms with Crippen LogP contribution >= 0.6 is 0 Å². The maximum Gasteiger partial charge on any atom is 0.272 e. The Bertz CT molecular complexity index is 1470. The van der Waals surface area contributed by atoms with E-state index in [1.54, 1.807) is 19.4 Å². The van der Waals surface area contributed by atoms with E-state index in [0.717, 1.165) is 22.3 Å². The molecule has 0 saturated carbocycles. The molecule has 4 heterocycles. The molecule has 0 atom stereocenters. The van der Waals surface area contributed by atoms with E-state index in [-0.39, 0.29) is 12.4 Å².